The Kier molecular flexibility index (Phi) is 6.22. The van der Waals surface area contributed by atoms with Crippen LogP contribution in [-0.2, 0) is 24.6 Å². The second kappa shape index (κ2) is 8.38. The van der Waals surface area contributed by atoms with E-state index < -0.39 is 0 Å². The number of anilines is 2. The summed E-state index contributed by atoms with van der Waals surface area (Å²) in [6.45, 7) is 3.82. The predicted octanol–water partition coefficient (Wildman–Crippen LogP) is 1.64. The summed E-state index contributed by atoms with van der Waals surface area (Å²) in [5, 5.41) is 7.67. The number of aromatic nitrogens is 3. The quantitative estimate of drug-likeness (QED) is 0.683. The molecule has 0 saturated carbocycles. The van der Waals surface area contributed by atoms with E-state index >= 15 is 0 Å². The number of nitrogens with two attached hydrogens (primary N) is 1. The number of methoxy groups -OCH3 is 1. The van der Waals surface area contributed by atoms with E-state index in [0.717, 1.165) is 35.7 Å². The van der Waals surface area contributed by atoms with Crippen molar-refractivity contribution in [3.63, 3.8) is 0 Å². The molecule has 0 saturated heterocycles. The van der Waals surface area contributed by atoms with Gasteiger partial charge in [0.2, 0.25) is 5.88 Å². The Hall–Kier alpha value is -2.28. The van der Waals surface area contributed by atoms with Gasteiger partial charge in [-0.05, 0) is 12.5 Å². The zero-order valence-corrected chi connectivity index (χ0v) is 14.0. The molecule has 23 heavy (non-hydrogen) atoms. The maximum Gasteiger partial charge on any atom is 0.213 e. The third-order valence-corrected chi connectivity index (χ3v) is 3.53. The van der Waals surface area contributed by atoms with Gasteiger partial charge in [-0.15, -0.1) is 0 Å². The van der Waals surface area contributed by atoms with E-state index in [1.54, 1.807) is 7.11 Å². The average molecular weight is 319 g/mol. The molecule has 0 bridgehead atoms. The van der Waals surface area contributed by atoms with E-state index in [2.05, 4.69) is 22.3 Å². The summed E-state index contributed by atoms with van der Waals surface area (Å²) in [4.78, 5) is 4.46. The van der Waals surface area contributed by atoms with Crippen LogP contribution in [0, 0.1) is 0 Å². The Morgan fingerprint density at radius 3 is 2.83 bits per heavy atom. The van der Waals surface area contributed by atoms with Crippen LogP contribution in [0.4, 0.5) is 11.5 Å². The molecule has 0 aliphatic rings. The number of ether oxygens (including phenoxy) is 2. The van der Waals surface area contributed by atoms with Crippen molar-refractivity contribution in [1.82, 2.24) is 14.8 Å². The minimum Gasteiger partial charge on any atom is -0.475 e. The number of nitrogen functional groups attached to an aromatic ring is 1. The van der Waals surface area contributed by atoms with Crippen molar-refractivity contribution in [1.29, 1.82) is 0 Å². The van der Waals surface area contributed by atoms with Crippen LogP contribution >= 0.6 is 0 Å². The second-order valence-electron chi connectivity index (χ2n) is 5.17. The van der Waals surface area contributed by atoms with E-state index in [1.165, 1.54) is 0 Å². The van der Waals surface area contributed by atoms with Gasteiger partial charge in [0.1, 0.15) is 6.61 Å². The van der Waals surface area contributed by atoms with Gasteiger partial charge in [-0.3, -0.25) is 4.68 Å². The van der Waals surface area contributed by atoms with E-state index in [-0.39, 0.29) is 0 Å². The molecule has 0 spiro atoms. The first-order valence-corrected chi connectivity index (χ1v) is 7.78. The molecule has 0 aliphatic carbocycles. The van der Waals surface area contributed by atoms with Crippen molar-refractivity contribution in [2.75, 3.05) is 37.9 Å². The fourth-order valence-electron chi connectivity index (χ4n) is 2.34. The van der Waals surface area contributed by atoms with E-state index in [0.29, 0.717) is 25.6 Å². The molecule has 0 amide bonds. The molecule has 0 aliphatic heterocycles. The number of aryl methyl sites for hydroxylation is 1. The van der Waals surface area contributed by atoms with Crippen molar-refractivity contribution in [2.24, 2.45) is 7.05 Å². The minimum atomic E-state index is 0.496. The van der Waals surface area contributed by atoms with Gasteiger partial charge in [0, 0.05) is 38.9 Å². The zero-order valence-electron chi connectivity index (χ0n) is 14.0. The number of hydrogen-bond acceptors (Lipinski definition) is 6. The zero-order chi connectivity index (χ0) is 16.7. The fourth-order valence-corrected chi connectivity index (χ4v) is 2.34. The van der Waals surface area contributed by atoms with Crippen LogP contribution < -0.4 is 15.8 Å². The first-order valence-electron chi connectivity index (χ1n) is 7.78. The Morgan fingerprint density at radius 2 is 2.13 bits per heavy atom. The normalized spacial score (nSPS) is 10.7. The molecular weight excluding hydrogens is 294 g/mol. The minimum absolute atomic E-state index is 0.496. The fraction of sp³-hybridized carbons (Fsp3) is 0.500. The van der Waals surface area contributed by atoms with Crippen molar-refractivity contribution in [3.8, 4) is 5.88 Å². The lowest BCUT2D eigenvalue weighted by atomic mass is 10.2. The molecule has 0 radical (unpaired) electrons. The highest BCUT2D eigenvalue weighted by Gasteiger charge is 2.11. The summed E-state index contributed by atoms with van der Waals surface area (Å²) in [5.41, 5.74) is 8.81. The molecular formula is C16H25N5O2. The number of nitrogens with one attached hydrogen (secondary N) is 1. The highest BCUT2D eigenvalue weighted by atomic mass is 16.5. The molecule has 126 valence electrons. The molecule has 3 N–H and O–H groups in total. The summed E-state index contributed by atoms with van der Waals surface area (Å²) < 4.78 is 12.3. The van der Waals surface area contributed by atoms with Crippen molar-refractivity contribution < 1.29 is 9.47 Å². The highest BCUT2D eigenvalue weighted by molar-refractivity contribution is 5.64. The molecule has 7 nitrogen and oxygen atoms in total. The van der Waals surface area contributed by atoms with Crippen molar-refractivity contribution in [3.05, 3.63) is 29.6 Å². The molecule has 2 aromatic heterocycles. The largest absolute Gasteiger partial charge is 0.475 e. The first kappa shape index (κ1) is 17.1. The van der Waals surface area contributed by atoms with Crippen LogP contribution in [0.1, 0.15) is 18.3 Å². The lowest BCUT2D eigenvalue weighted by Crippen LogP contribution is -2.09. The smallest absolute Gasteiger partial charge is 0.213 e. The molecule has 0 unspecified atom stereocenters. The van der Waals surface area contributed by atoms with Gasteiger partial charge in [0.05, 0.1) is 18.0 Å². The van der Waals surface area contributed by atoms with Crippen LogP contribution in [-0.4, -0.2) is 41.6 Å². The third kappa shape index (κ3) is 4.59. The number of hydrogen-bond donors (Lipinski definition) is 2. The lowest BCUT2D eigenvalue weighted by molar-refractivity contribution is 0.143. The average Bonchev–Trinajstić information content (AvgIpc) is 2.82. The topological polar surface area (TPSA) is 87.2 Å². The van der Waals surface area contributed by atoms with Crippen LogP contribution in [0.15, 0.2) is 18.2 Å². The van der Waals surface area contributed by atoms with Crippen molar-refractivity contribution in [2.45, 2.75) is 19.8 Å². The molecule has 7 heteroatoms. The van der Waals surface area contributed by atoms with Gasteiger partial charge in [-0.1, -0.05) is 13.0 Å². The van der Waals surface area contributed by atoms with Gasteiger partial charge >= 0.3 is 0 Å². The first-order chi connectivity index (χ1) is 11.2. The third-order valence-electron chi connectivity index (χ3n) is 3.53. The summed E-state index contributed by atoms with van der Waals surface area (Å²) in [5.74, 6) is 1.35. The molecule has 0 aromatic carbocycles. The summed E-state index contributed by atoms with van der Waals surface area (Å²) in [7, 11) is 3.55. The van der Waals surface area contributed by atoms with E-state index in [4.69, 9.17) is 15.2 Å². The number of rotatable bonds is 9. The van der Waals surface area contributed by atoms with Gasteiger partial charge in [0.15, 0.2) is 5.82 Å². The summed E-state index contributed by atoms with van der Waals surface area (Å²) in [6.07, 6.45) is 1.62. The van der Waals surface area contributed by atoms with Crippen molar-refractivity contribution >= 4 is 11.5 Å². The Balaban J connectivity index is 1.87. The summed E-state index contributed by atoms with van der Waals surface area (Å²) >= 11 is 0. The second-order valence-corrected chi connectivity index (χ2v) is 5.17. The van der Waals surface area contributed by atoms with Crippen LogP contribution in [0.5, 0.6) is 5.88 Å². The van der Waals surface area contributed by atoms with Crippen LogP contribution in [0.2, 0.25) is 0 Å². The lowest BCUT2D eigenvalue weighted by Gasteiger charge is -2.07. The maximum atomic E-state index is 6.09. The monoisotopic (exact) mass is 319 g/mol. The molecule has 0 atom stereocenters. The molecule has 0 fully saturated rings. The van der Waals surface area contributed by atoms with Crippen LogP contribution in [0.3, 0.4) is 0 Å². The van der Waals surface area contributed by atoms with Gasteiger partial charge < -0.3 is 20.5 Å². The number of pyridine rings is 1. The molecule has 2 heterocycles. The predicted molar refractivity (Wildman–Crippen MR) is 90.8 cm³/mol. The highest BCUT2D eigenvalue weighted by Crippen LogP contribution is 2.21. The molecule has 2 rings (SSSR count). The Bertz CT molecular complexity index is 627. The van der Waals surface area contributed by atoms with Gasteiger partial charge in [0.25, 0.3) is 0 Å². The standard InChI is InChI=1S/C16H25N5O2/c1-4-13-15(17)16(20-21(13)2)18-9-8-12-6-5-7-14(19-12)23-11-10-22-3/h5-7H,4,8-11,17H2,1-3H3,(H,18,20). The number of nitrogens with zero attached hydrogens (tertiary/aromatic N) is 3. The van der Waals surface area contributed by atoms with E-state index in [1.807, 2.05) is 29.9 Å². The Morgan fingerprint density at radius 1 is 1.30 bits per heavy atom. The van der Waals surface area contributed by atoms with Gasteiger partial charge in [-0.2, -0.15) is 5.10 Å². The summed E-state index contributed by atoms with van der Waals surface area (Å²) in [6, 6.07) is 5.76. The maximum absolute atomic E-state index is 6.09. The van der Waals surface area contributed by atoms with Gasteiger partial charge in [-0.25, -0.2) is 4.98 Å². The Labute approximate surface area is 136 Å². The molecule has 2 aromatic rings. The SMILES string of the molecule is CCc1c(N)c(NCCc2cccc(OCCOC)n2)nn1C. The van der Waals surface area contributed by atoms with Crippen LogP contribution in [0.25, 0.3) is 0 Å². The van der Waals surface area contributed by atoms with E-state index in [9.17, 15) is 0 Å².